The monoisotopic (exact) mass is 279 g/mol. The molecule has 1 aliphatic heterocycles. The molecule has 0 amide bonds. The number of hydrogen-bond acceptors (Lipinski definition) is 4. The van der Waals surface area contributed by atoms with E-state index in [4.69, 9.17) is 0 Å². The van der Waals surface area contributed by atoms with Crippen molar-refractivity contribution >= 4 is 17.6 Å². The van der Waals surface area contributed by atoms with E-state index in [0.717, 1.165) is 25.5 Å². The molecule has 1 fully saturated rings. The van der Waals surface area contributed by atoms with E-state index >= 15 is 0 Å². The molecule has 1 aromatic heterocycles. The number of anilines is 1. The Hall–Kier alpha value is -0.740. The number of pyridine rings is 1. The van der Waals surface area contributed by atoms with Gasteiger partial charge in [0.25, 0.3) is 0 Å². The minimum atomic E-state index is 0.331. The molecule has 0 saturated carbocycles. The molecule has 106 valence electrons. The highest BCUT2D eigenvalue weighted by Gasteiger charge is 2.27. The molecule has 0 spiro atoms. The summed E-state index contributed by atoms with van der Waals surface area (Å²) < 4.78 is 0.331. The molecule has 0 atom stereocenters. The molecule has 1 aromatic rings. The van der Waals surface area contributed by atoms with Crippen LogP contribution in [0.1, 0.15) is 33.3 Å². The van der Waals surface area contributed by atoms with Gasteiger partial charge in [0.1, 0.15) is 5.82 Å². The van der Waals surface area contributed by atoms with E-state index in [-0.39, 0.29) is 0 Å². The molecule has 1 saturated heterocycles. The number of nitrogens with zero attached hydrogens (tertiary/aromatic N) is 2. The van der Waals surface area contributed by atoms with Crippen LogP contribution >= 0.6 is 11.8 Å². The quantitative estimate of drug-likeness (QED) is 0.917. The minimum absolute atomic E-state index is 0.331. The Morgan fingerprint density at radius 2 is 2.21 bits per heavy atom. The summed E-state index contributed by atoms with van der Waals surface area (Å²) in [4.78, 5) is 7.02. The van der Waals surface area contributed by atoms with E-state index in [2.05, 4.69) is 66.8 Å². The second kappa shape index (κ2) is 6.14. The van der Waals surface area contributed by atoms with E-state index in [0.29, 0.717) is 10.8 Å². The Kier molecular flexibility index (Phi) is 4.74. The van der Waals surface area contributed by atoms with Gasteiger partial charge in [-0.15, -0.1) is 0 Å². The van der Waals surface area contributed by atoms with Gasteiger partial charge in [0, 0.05) is 42.4 Å². The summed E-state index contributed by atoms with van der Waals surface area (Å²) in [7, 11) is 0. The number of aromatic nitrogens is 1. The first kappa shape index (κ1) is 14.7. The van der Waals surface area contributed by atoms with Crippen LogP contribution in [0.25, 0.3) is 0 Å². The van der Waals surface area contributed by atoms with Crippen molar-refractivity contribution in [2.24, 2.45) is 0 Å². The Morgan fingerprint density at radius 1 is 1.42 bits per heavy atom. The first-order valence-corrected chi connectivity index (χ1v) is 8.02. The van der Waals surface area contributed by atoms with Gasteiger partial charge in [-0.25, -0.2) is 4.98 Å². The highest BCUT2D eigenvalue weighted by atomic mass is 32.2. The van der Waals surface area contributed by atoms with Crippen LogP contribution in [-0.4, -0.2) is 34.6 Å². The fourth-order valence-electron chi connectivity index (χ4n) is 2.24. The maximum Gasteiger partial charge on any atom is 0.128 e. The second-order valence-electron chi connectivity index (χ2n) is 6.09. The Labute approximate surface area is 121 Å². The molecular formula is C15H25N3S. The largest absolute Gasteiger partial charge is 0.354 e. The van der Waals surface area contributed by atoms with Crippen molar-refractivity contribution in [3.8, 4) is 0 Å². The lowest BCUT2D eigenvalue weighted by atomic mass is 10.2. The minimum Gasteiger partial charge on any atom is -0.354 e. The van der Waals surface area contributed by atoms with Gasteiger partial charge in [0.05, 0.1) is 0 Å². The van der Waals surface area contributed by atoms with Crippen molar-refractivity contribution in [3.63, 3.8) is 0 Å². The lowest BCUT2D eigenvalue weighted by molar-refractivity contribution is 0.587. The highest BCUT2D eigenvalue weighted by molar-refractivity contribution is 8.00. The summed E-state index contributed by atoms with van der Waals surface area (Å²) in [5, 5.41) is 3.42. The number of thioether (sulfide) groups is 1. The third-order valence-corrected chi connectivity index (χ3v) is 4.57. The van der Waals surface area contributed by atoms with E-state index < -0.39 is 0 Å². The van der Waals surface area contributed by atoms with Crippen molar-refractivity contribution in [2.75, 3.05) is 23.7 Å². The van der Waals surface area contributed by atoms with Crippen LogP contribution in [0.5, 0.6) is 0 Å². The first-order chi connectivity index (χ1) is 8.96. The average molecular weight is 279 g/mol. The van der Waals surface area contributed by atoms with Crippen LogP contribution in [0.3, 0.4) is 0 Å². The standard InChI is InChI=1S/C15H25N3S/c1-12(2)16-9-13-5-6-14(17-10-13)18-7-8-19-15(3,4)11-18/h5-6,10,12,16H,7-9,11H2,1-4H3. The fourth-order valence-corrected chi connectivity index (χ4v) is 3.35. The maximum absolute atomic E-state index is 4.62. The zero-order chi connectivity index (χ0) is 13.9. The summed E-state index contributed by atoms with van der Waals surface area (Å²) >= 11 is 2.05. The third kappa shape index (κ3) is 4.39. The molecule has 0 aromatic carbocycles. The molecule has 2 rings (SSSR count). The number of nitrogens with one attached hydrogen (secondary N) is 1. The van der Waals surface area contributed by atoms with Crippen LogP contribution in [0, 0.1) is 0 Å². The van der Waals surface area contributed by atoms with Gasteiger partial charge in [-0.05, 0) is 25.5 Å². The summed E-state index contributed by atoms with van der Waals surface area (Å²) in [6, 6.07) is 4.86. The molecule has 1 N–H and O–H groups in total. The topological polar surface area (TPSA) is 28.2 Å². The van der Waals surface area contributed by atoms with E-state index in [1.54, 1.807) is 0 Å². The van der Waals surface area contributed by atoms with E-state index in [9.17, 15) is 0 Å². The Morgan fingerprint density at radius 3 is 2.79 bits per heavy atom. The molecule has 3 nitrogen and oxygen atoms in total. The molecule has 0 bridgehead atoms. The molecule has 1 aliphatic rings. The second-order valence-corrected chi connectivity index (χ2v) is 7.89. The van der Waals surface area contributed by atoms with Gasteiger partial charge in [0.2, 0.25) is 0 Å². The van der Waals surface area contributed by atoms with Crippen molar-refractivity contribution in [1.29, 1.82) is 0 Å². The summed E-state index contributed by atoms with van der Waals surface area (Å²) in [5.41, 5.74) is 1.25. The molecule has 0 aliphatic carbocycles. The molecule has 0 radical (unpaired) electrons. The predicted octanol–water partition coefficient (Wildman–Crippen LogP) is 2.91. The normalized spacial score (nSPS) is 18.9. The zero-order valence-electron chi connectivity index (χ0n) is 12.4. The lowest BCUT2D eigenvalue weighted by Crippen LogP contribution is -2.43. The summed E-state index contributed by atoms with van der Waals surface area (Å²) in [6.07, 6.45) is 2.00. The van der Waals surface area contributed by atoms with Crippen molar-refractivity contribution in [3.05, 3.63) is 23.9 Å². The maximum atomic E-state index is 4.62. The smallest absolute Gasteiger partial charge is 0.128 e. The number of hydrogen-bond donors (Lipinski definition) is 1. The molecule has 4 heteroatoms. The number of rotatable bonds is 4. The molecule has 19 heavy (non-hydrogen) atoms. The van der Waals surface area contributed by atoms with E-state index in [1.807, 2.05) is 6.20 Å². The van der Waals surface area contributed by atoms with Gasteiger partial charge in [-0.2, -0.15) is 11.8 Å². The van der Waals surface area contributed by atoms with Gasteiger partial charge in [-0.3, -0.25) is 0 Å². The van der Waals surface area contributed by atoms with Gasteiger partial charge >= 0.3 is 0 Å². The molecule has 0 unspecified atom stereocenters. The fraction of sp³-hybridized carbons (Fsp3) is 0.667. The Balaban J connectivity index is 1.98. The van der Waals surface area contributed by atoms with Crippen LogP contribution in [-0.2, 0) is 6.54 Å². The highest BCUT2D eigenvalue weighted by Crippen LogP contribution is 2.31. The van der Waals surface area contributed by atoms with Gasteiger partial charge in [-0.1, -0.05) is 19.9 Å². The zero-order valence-corrected chi connectivity index (χ0v) is 13.3. The summed E-state index contributed by atoms with van der Waals surface area (Å²) in [6.45, 7) is 12.0. The molecular weight excluding hydrogens is 254 g/mol. The average Bonchev–Trinajstić information content (AvgIpc) is 2.36. The van der Waals surface area contributed by atoms with Crippen LogP contribution < -0.4 is 10.2 Å². The molecule has 2 heterocycles. The van der Waals surface area contributed by atoms with E-state index in [1.165, 1.54) is 11.3 Å². The first-order valence-electron chi connectivity index (χ1n) is 7.03. The van der Waals surface area contributed by atoms with Crippen molar-refractivity contribution < 1.29 is 0 Å². The van der Waals surface area contributed by atoms with Crippen molar-refractivity contribution in [2.45, 2.75) is 45.0 Å². The van der Waals surface area contributed by atoms with Gasteiger partial charge in [0.15, 0.2) is 0 Å². The SMILES string of the molecule is CC(C)NCc1ccc(N2CCSC(C)(C)C2)nc1. The van der Waals surface area contributed by atoms with Crippen LogP contribution in [0.4, 0.5) is 5.82 Å². The van der Waals surface area contributed by atoms with Crippen molar-refractivity contribution in [1.82, 2.24) is 10.3 Å². The third-order valence-electron chi connectivity index (χ3n) is 3.27. The van der Waals surface area contributed by atoms with Gasteiger partial charge < -0.3 is 10.2 Å². The predicted molar refractivity (Wildman–Crippen MR) is 85.0 cm³/mol. The van der Waals surface area contributed by atoms with Crippen LogP contribution in [0.15, 0.2) is 18.3 Å². The van der Waals surface area contributed by atoms with Crippen LogP contribution in [0.2, 0.25) is 0 Å². The Bertz CT molecular complexity index is 400. The lowest BCUT2D eigenvalue weighted by Gasteiger charge is -2.38. The summed E-state index contributed by atoms with van der Waals surface area (Å²) in [5.74, 6) is 2.30.